The molecule has 3 heteroatoms. The Bertz CT molecular complexity index is 288. The fraction of sp³-hybridized carbons (Fsp3) is 0. The molecule has 0 atom stereocenters. The van der Waals surface area contributed by atoms with Crippen LogP contribution in [0.3, 0.4) is 0 Å². The first-order chi connectivity index (χ1) is 4.74. The van der Waals surface area contributed by atoms with Crippen molar-refractivity contribution in [3.05, 3.63) is 28.0 Å². The Morgan fingerprint density at radius 1 is 1.40 bits per heavy atom. The van der Waals surface area contributed by atoms with Crippen molar-refractivity contribution in [2.75, 3.05) is 0 Å². The molecule has 0 unspecified atom stereocenters. The van der Waals surface area contributed by atoms with Crippen LogP contribution < -0.4 is 0 Å². The summed E-state index contributed by atoms with van der Waals surface area (Å²) in [6, 6.07) is 3.21. The molecule has 0 aliphatic heterocycles. The van der Waals surface area contributed by atoms with Crippen molar-refractivity contribution in [3.63, 3.8) is 0 Å². The second kappa shape index (κ2) is 2.92. The predicted molar refractivity (Wildman–Crippen MR) is 42.2 cm³/mol. The van der Waals surface area contributed by atoms with Crippen molar-refractivity contribution in [3.8, 4) is 12.3 Å². The topological polar surface area (TPSA) is 12.9 Å². The Morgan fingerprint density at radius 3 is 2.60 bits per heavy atom. The molecule has 1 rings (SSSR count). The van der Waals surface area contributed by atoms with E-state index in [-0.39, 0.29) is 0 Å². The van der Waals surface area contributed by atoms with Gasteiger partial charge in [-0.2, -0.15) is 0 Å². The van der Waals surface area contributed by atoms with E-state index >= 15 is 0 Å². The number of hydrogen-bond acceptors (Lipinski definition) is 1. The molecule has 0 fully saturated rings. The van der Waals surface area contributed by atoms with Gasteiger partial charge >= 0.3 is 0 Å². The van der Waals surface area contributed by atoms with Crippen LogP contribution in [0.25, 0.3) is 0 Å². The van der Waals surface area contributed by atoms with E-state index in [9.17, 15) is 0 Å². The molecule has 1 aromatic rings. The fourth-order valence-corrected chi connectivity index (χ4v) is 0.827. The van der Waals surface area contributed by atoms with Gasteiger partial charge in [0.15, 0.2) is 0 Å². The molecule has 0 N–H and O–H groups in total. The Balaban J connectivity index is 3.25. The molecule has 0 spiro atoms. The molecular weight excluding hydrogens is 169 g/mol. The molecule has 0 aromatic carbocycles. The molecule has 0 bridgehead atoms. The first kappa shape index (κ1) is 7.40. The van der Waals surface area contributed by atoms with E-state index in [4.69, 9.17) is 29.6 Å². The van der Waals surface area contributed by atoms with Gasteiger partial charge < -0.3 is 0 Å². The van der Waals surface area contributed by atoms with E-state index in [2.05, 4.69) is 10.9 Å². The molecule has 0 amide bonds. The maximum atomic E-state index is 5.63. The first-order valence-electron chi connectivity index (χ1n) is 2.52. The first-order valence-corrected chi connectivity index (χ1v) is 3.28. The van der Waals surface area contributed by atoms with Crippen LogP contribution in [0, 0.1) is 12.3 Å². The van der Waals surface area contributed by atoms with Crippen LogP contribution in [0.4, 0.5) is 0 Å². The van der Waals surface area contributed by atoms with Gasteiger partial charge in [0.25, 0.3) is 0 Å². The zero-order valence-electron chi connectivity index (χ0n) is 4.94. The summed E-state index contributed by atoms with van der Waals surface area (Å²) in [4.78, 5) is 3.79. The van der Waals surface area contributed by atoms with Gasteiger partial charge in [0.1, 0.15) is 10.8 Å². The summed E-state index contributed by atoms with van der Waals surface area (Å²) in [5, 5.41) is 0.809. The minimum absolute atomic E-state index is 0.359. The molecule has 1 nitrogen and oxygen atoms in total. The van der Waals surface area contributed by atoms with E-state index < -0.39 is 0 Å². The van der Waals surface area contributed by atoms with E-state index in [0.29, 0.717) is 15.9 Å². The number of nitrogens with zero attached hydrogens (tertiary/aromatic N) is 1. The molecule has 50 valence electrons. The SMILES string of the molecule is C#Cc1nc(Cl)ccc1Cl. The number of terminal acetylenes is 1. The average Bonchev–Trinajstić information content (AvgIpc) is 1.94. The lowest BCUT2D eigenvalue weighted by Gasteiger charge is -1.93. The van der Waals surface area contributed by atoms with Gasteiger partial charge in [-0.15, -0.1) is 6.42 Å². The van der Waals surface area contributed by atoms with Crippen LogP contribution >= 0.6 is 23.2 Å². The quantitative estimate of drug-likeness (QED) is 0.432. The lowest BCUT2D eigenvalue weighted by molar-refractivity contribution is 1.29. The summed E-state index contributed by atoms with van der Waals surface area (Å²) < 4.78 is 0. The van der Waals surface area contributed by atoms with Crippen molar-refractivity contribution in [2.24, 2.45) is 0 Å². The largest absolute Gasteiger partial charge is 0.226 e. The summed E-state index contributed by atoms with van der Waals surface area (Å²) in [5.41, 5.74) is 0.383. The molecular formula is C7H3Cl2N. The highest BCUT2D eigenvalue weighted by Crippen LogP contribution is 2.14. The van der Waals surface area contributed by atoms with Gasteiger partial charge in [-0.05, 0) is 18.1 Å². The van der Waals surface area contributed by atoms with E-state index in [1.54, 1.807) is 12.1 Å². The average molecular weight is 172 g/mol. The number of rotatable bonds is 0. The number of aromatic nitrogens is 1. The third-order valence-electron chi connectivity index (χ3n) is 0.949. The Kier molecular flexibility index (Phi) is 2.16. The van der Waals surface area contributed by atoms with Gasteiger partial charge in [-0.25, -0.2) is 4.98 Å². The normalized spacial score (nSPS) is 8.90. The van der Waals surface area contributed by atoms with Crippen LogP contribution in [0.1, 0.15) is 5.69 Å². The van der Waals surface area contributed by atoms with Crippen LogP contribution in [-0.4, -0.2) is 4.98 Å². The lowest BCUT2D eigenvalue weighted by Crippen LogP contribution is -1.82. The lowest BCUT2D eigenvalue weighted by atomic mass is 10.4. The summed E-state index contributed by atoms with van der Waals surface area (Å²) >= 11 is 11.2. The van der Waals surface area contributed by atoms with Crippen LogP contribution in [0.2, 0.25) is 10.2 Å². The minimum Gasteiger partial charge on any atom is -0.226 e. The zero-order chi connectivity index (χ0) is 7.56. The highest BCUT2D eigenvalue weighted by atomic mass is 35.5. The Morgan fingerprint density at radius 2 is 2.10 bits per heavy atom. The van der Waals surface area contributed by atoms with Crippen LogP contribution in [0.15, 0.2) is 12.1 Å². The van der Waals surface area contributed by atoms with E-state index in [1.165, 1.54) is 0 Å². The summed E-state index contributed by atoms with van der Waals surface area (Å²) in [6.07, 6.45) is 5.06. The summed E-state index contributed by atoms with van der Waals surface area (Å²) in [5.74, 6) is 2.31. The number of halogens is 2. The Hall–Kier alpha value is -0.710. The van der Waals surface area contributed by atoms with Gasteiger partial charge in [0, 0.05) is 0 Å². The van der Waals surface area contributed by atoms with Gasteiger partial charge in [0.05, 0.1) is 5.02 Å². The zero-order valence-corrected chi connectivity index (χ0v) is 6.45. The van der Waals surface area contributed by atoms with E-state index in [1.807, 2.05) is 0 Å². The molecule has 0 saturated carbocycles. The third-order valence-corrected chi connectivity index (χ3v) is 1.46. The smallest absolute Gasteiger partial charge is 0.133 e. The van der Waals surface area contributed by atoms with Crippen LogP contribution in [0.5, 0.6) is 0 Å². The summed E-state index contributed by atoms with van der Waals surface area (Å²) in [6.45, 7) is 0. The second-order valence-electron chi connectivity index (χ2n) is 1.61. The van der Waals surface area contributed by atoms with Crippen molar-refractivity contribution in [2.45, 2.75) is 0 Å². The summed E-state index contributed by atoms with van der Waals surface area (Å²) in [7, 11) is 0. The fourth-order valence-electron chi connectivity index (χ4n) is 0.520. The third kappa shape index (κ3) is 1.41. The molecule has 0 aliphatic carbocycles. The van der Waals surface area contributed by atoms with Gasteiger partial charge in [-0.1, -0.05) is 23.2 Å². The number of hydrogen-bond donors (Lipinski definition) is 0. The highest BCUT2D eigenvalue weighted by Gasteiger charge is 1.97. The van der Waals surface area contributed by atoms with Crippen molar-refractivity contribution < 1.29 is 0 Å². The van der Waals surface area contributed by atoms with Crippen molar-refractivity contribution in [1.82, 2.24) is 4.98 Å². The van der Waals surface area contributed by atoms with Crippen molar-refractivity contribution >= 4 is 23.2 Å². The second-order valence-corrected chi connectivity index (χ2v) is 2.40. The van der Waals surface area contributed by atoms with E-state index in [0.717, 1.165) is 0 Å². The standard InChI is InChI=1S/C7H3Cl2N/c1-2-6-5(8)3-4-7(9)10-6/h1,3-4H. The molecule has 10 heavy (non-hydrogen) atoms. The molecule has 0 radical (unpaired) electrons. The van der Waals surface area contributed by atoms with Gasteiger partial charge in [0.2, 0.25) is 0 Å². The monoisotopic (exact) mass is 171 g/mol. The van der Waals surface area contributed by atoms with Crippen LogP contribution in [-0.2, 0) is 0 Å². The number of pyridine rings is 1. The molecule has 1 aromatic heterocycles. The maximum Gasteiger partial charge on any atom is 0.133 e. The Labute approximate surface area is 69.0 Å². The van der Waals surface area contributed by atoms with Gasteiger partial charge in [-0.3, -0.25) is 0 Å². The predicted octanol–water partition coefficient (Wildman–Crippen LogP) is 2.37. The maximum absolute atomic E-state index is 5.63. The molecule has 1 heterocycles. The molecule has 0 saturated heterocycles. The highest BCUT2D eigenvalue weighted by molar-refractivity contribution is 6.32. The minimum atomic E-state index is 0.359. The van der Waals surface area contributed by atoms with Crippen molar-refractivity contribution in [1.29, 1.82) is 0 Å². The molecule has 0 aliphatic rings.